The van der Waals surface area contributed by atoms with Gasteiger partial charge in [-0.05, 0) is 49.1 Å². The van der Waals surface area contributed by atoms with Crippen LogP contribution in [0.5, 0.6) is 0 Å². The Bertz CT molecular complexity index is 828. The molecule has 1 fully saturated rings. The Hall–Kier alpha value is -2.40. The number of nitrogens with one attached hydrogen (secondary N) is 1. The van der Waals surface area contributed by atoms with E-state index in [0.717, 1.165) is 59.6 Å². The van der Waals surface area contributed by atoms with Crippen molar-refractivity contribution >= 4 is 5.91 Å². The van der Waals surface area contributed by atoms with Crippen molar-refractivity contribution in [2.45, 2.75) is 20.8 Å². The lowest BCUT2D eigenvalue weighted by atomic mass is 9.95. The maximum Gasteiger partial charge on any atom is 0.254 e. The van der Waals surface area contributed by atoms with Gasteiger partial charge in [0.05, 0.1) is 0 Å². The first-order chi connectivity index (χ1) is 11.9. The SMILES string of the molecule is Cc1cc(-c2cc(C)c(=O)n(C)c2)cc(C)c1C(=O)N1CCNCC1. The molecule has 1 aliphatic rings. The van der Waals surface area contributed by atoms with E-state index in [9.17, 15) is 9.59 Å². The molecule has 2 heterocycles. The Morgan fingerprint density at radius 3 is 2.08 bits per heavy atom. The molecule has 1 aliphatic heterocycles. The molecule has 0 aliphatic carbocycles. The van der Waals surface area contributed by atoms with Crippen molar-refractivity contribution in [3.8, 4) is 11.1 Å². The highest BCUT2D eigenvalue weighted by Crippen LogP contribution is 2.26. The number of amides is 1. The van der Waals surface area contributed by atoms with Crippen LogP contribution in [0.2, 0.25) is 0 Å². The van der Waals surface area contributed by atoms with Gasteiger partial charge in [-0.1, -0.05) is 12.1 Å². The zero-order valence-electron chi connectivity index (χ0n) is 15.3. The van der Waals surface area contributed by atoms with Crippen LogP contribution in [-0.4, -0.2) is 41.6 Å². The summed E-state index contributed by atoms with van der Waals surface area (Å²) < 4.78 is 1.61. The van der Waals surface area contributed by atoms with Crippen molar-refractivity contribution in [1.82, 2.24) is 14.8 Å². The number of hydrogen-bond acceptors (Lipinski definition) is 3. The molecule has 25 heavy (non-hydrogen) atoms. The fraction of sp³-hybridized carbons (Fsp3) is 0.400. The molecule has 1 N–H and O–H groups in total. The zero-order chi connectivity index (χ0) is 18.1. The molecule has 3 rings (SSSR count). The molecule has 2 aromatic rings. The molecule has 0 saturated carbocycles. The monoisotopic (exact) mass is 339 g/mol. The number of aryl methyl sites for hydroxylation is 4. The first-order valence-corrected chi connectivity index (χ1v) is 8.67. The van der Waals surface area contributed by atoms with E-state index in [2.05, 4.69) is 5.32 Å². The Balaban J connectivity index is 2.00. The van der Waals surface area contributed by atoms with E-state index in [4.69, 9.17) is 0 Å². The van der Waals surface area contributed by atoms with Crippen molar-refractivity contribution in [3.63, 3.8) is 0 Å². The third kappa shape index (κ3) is 3.37. The summed E-state index contributed by atoms with van der Waals surface area (Å²) in [6, 6.07) is 6.00. The molecule has 5 heteroatoms. The molecule has 1 amide bonds. The molecule has 5 nitrogen and oxygen atoms in total. The predicted octanol–water partition coefficient (Wildman–Crippen LogP) is 2.02. The van der Waals surface area contributed by atoms with Crippen LogP contribution in [0, 0.1) is 20.8 Å². The van der Waals surface area contributed by atoms with E-state index in [1.807, 2.05) is 50.1 Å². The quantitative estimate of drug-likeness (QED) is 0.911. The number of pyridine rings is 1. The third-order valence-electron chi connectivity index (χ3n) is 4.85. The lowest BCUT2D eigenvalue weighted by molar-refractivity contribution is 0.0734. The minimum Gasteiger partial charge on any atom is -0.336 e. The predicted molar refractivity (Wildman–Crippen MR) is 100 cm³/mol. The molecular formula is C20H25N3O2. The van der Waals surface area contributed by atoms with Gasteiger partial charge in [0.1, 0.15) is 0 Å². The standard InChI is InChI=1S/C20H25N3O2/c1-13-9-16(17-11-15(3)19(24)22(4)12-17)10-14(2)18(13)20(25)23-7-5-21-6-8-23/h9-12,21H,5-8H2,1-4H3. The third-order valence-corrected chi connectivity index (χ3v) is 4.85. The summed E-state index contributed by atoms with van der Waals surface area (Å²) in [7, 11) is 1.76. The van der Waals surface area contributed by atoms with E-state index in [1.54, 1.807) is 11.6 Å². The van der Waals surface area contributed by atoms with Crippen LogP contribution in [0.3, 0.4) is 0 Å². The van der Waals surface area contributed by atoms with E-state index in [0.29, 0.717) is 0 Å². The first-order valence-electron chi connectivity index (χ1n) is 8.67. The molecule has 0 atom stereocenters. The number of carbonyl (C=O) groups is 1. The van der Waals surface area contributed by atoms with Crippen molar-refractivity contribution < 1.29 is 4.79 Å². The van der Waals surface area contributed by atoms with Gasteiger partial charge in [-0.3, -0.25) is 9.59 Å². The maximum atomic E-state index is 12.9. The van der Waals surface area contributed by atoms with Crippen LogP contribution >= 0.6 is 0 Å². The second-order valence-corrected chi connectivity index (χ2v) is 6.86. The molecule has 132 valence electrons. The number of rotatable bonds is 2. The summed E-state index contributed by atoms with van der Waals surface area (Å²) in [6.07, 6.45) is 1.85. The Morgan fingerprint density at radius 2 is 1.52 bits per heavy atom. The van der Waals surface area contributed by atoms with Gasteiger partial charge >= 0.3 is 0 Å². The van der Waals surface area contributed by atoms with E-state index in [1.165, 1.54) is 0 Å². The van der Waals surface area contributed by atoms with Crippen molar-refractivity contribution in [1.29, 1.82) is 0 Å². The van der Waals surface area contributed by atoms with Gasteiger partial charge in [0, 0.05) is 50.6 Å². The van der Waals surface area contributed by atoms with Gasteiger partial charge in [-0.15, -0.1) is 0 Å². The van der Waals surface area contributed by atoms with Gasteiger partial charge in [0.25, 0.3) is 11.5 Å². The van der Waals surface area contributed by atoms with Crippen LogP contribution < -0.4 is 10.9 Å². The van der Waals surface area contributed by atoms with Crippen LogP contribution in [0.1, 0.15) is 27.0 Å². The fourth-order valence-electron chi connectivity index (χ4n) is 3.53. The summed E-state index contributed by atoms with van der Waals surface area (Å²) >= 11 is 0. The van der Waals surface area contributed by atoms with Crippen molar-refractivity contribution in [2.24, 2.45) is 7.05 Å². The van der Waals surface area contributed by atoms with E-state index >= 15 is 0 Å². The summed E-state index contributed by atoms with van der Waals surface area (Å²) in [6.45, 7) is 8.99. The molecular weight excluding hydrogens is 314 g/mol. The Kier molecular flexibility index (Phi) is 4.77. The smallest absolute Gasteiger partial charge is 0.254 e. The highest BCUT2D eigenvalue weighted by molar-refractivity contribution is 5.98. The highest BCUT2D eigenvalue weighted by atomic mass is 16.2. The van der Waals surface area contributed by atoms with Gasteiger partial charge in [0.15, 0.2) is 0 Å². The number of aromatic nitrogens is 1. The zero-order valence-corrected chi connectivity index (χ0v) is 15.3. The molecule has 1 aromatic heterocycles. The average molecular weight is 339 g/mol. The minimum atomic E-state index is 0.0164. The van der Waals surface area contributed by atoms with Crippen LogP contribution in [0.15, 0.2) is 29.2 Å². The van der Waals surface area contributed by atoms with E-state index < -0.39 is 0 Å². The number of benzene rings is 1. The van der Waals surface area contributed by atoms with Gasteiger partial charge in [-0.2, -0.15) is 0 Å². The second-order valence-electron chi connectivity index (χ2n) is 6.86. The number of piperazine rings is 1. The lowest BCUT2D eigenvalue weighted by Gasteiger charge is -2.28. The summed E-state index contributed by atoms with van der Waals surface area (Å²) in [4.78, 5) is 26.7. The van der Waals surface area contributed by atoms with Crippen LogP contribution in [0.4, 0.5) is 0 Å². The van der Waals surface area contributed by atoms with Crippen molar-refractivity contribution in [3.05, 3.63) is 57.0 Å². The Morgan fingerprint density at radius 1 is 0.960 bits per heavy atom. The fourth-order valence-corrected chi connectivity index (χ4v) is 3.53. The van der Waals surface area contributed by atoms with Gasteiger partial charge in [0.2, 0.25) is 0 Å². The minimum absolute atomic E-state index is 0.0164. The molecule has 0 bridgehead atoms. The molecule has 1 saturated heterocycles. The molecule has 0 unspecified atom stereocenters. The van der Waals surface area contributed by atoms with Gasteiger partial charge < -0.3 is 14.8 Å². The van der Waals surface area contributed by atoms with Crippen LogP contribution in [0.25, 0.3) is 11.1 Å². The van der Waals surface area contributed by atoms with E-state index in [-0.39, 0.29) is 11.5 Å². The number of hydrogen-bond donors (Lipinski definition) is 1. The topological polar surface area (TPSA) is 54.3 Å². The van der Waals surface area contributed by atoms with Crippen molar-refractivity contribution in [2.75, 3.05) is 26.2 Å². The largest absolute Gasteiger partial charge is 0.336 e. The maximum absolute atomic E-state index is 12.9. The first kappa shape index (κ1) is 17.4. The second kappa shape index (κ2) is 6.84. The summed E-state index contributed by atoms with van der Waals surface area (Å²) in [5, 5.41) is 3.27. The summed E-state index contributed by atoms with van der Waals surface area (Å²) in [5.41, 5.74) is 5.51. The normalized spacial score (nSPS) is 14.6. The summed E-state index contributed by atoms with van der Waals surface area (Å²) in [5.74, 6) is 0.111. The Labute approximate surface area is 148 Å². The average Bonchev–Trinajstić information content (AvgIpc) is 2.59. The lowest BCUT2D eigenvalue weighted by Crippen LogP contribution is -2.46. The van der Waals surface area contributed by atoms with Gasteiger partial charge in [-0.25, -0.2) is 0 Å². The molecule has 0 radical (unpaired) electrons. The number of carbonyl (C=O) groups excluding carboxylic acids is 1. The molecule has 1 aromatic carbocycles. The molecule has 0 spiro atoms. The van der Waals surface area contributed by atoms with Crippen LogP contribution in [-0.2, 0) is 7.05 Å². The highest BCUT2D eigenvalue weighted by Gasteiger charge is 2.21. The number of nitrogens with zero attached hydrogens (tertiary/aromatic N) is 2.